The molecule has 0 radical (unpaired) electrons. The number of ether oxygens (including phenoxy) is 2. The van der Waals surface area contributed by atoms with Crippen molar-refractivity contribution in [1.29, 1.82) is 0 Å². The molecule has 0 aliphatic carbocycles. The van der Waals surface area contributed by atoms with Crippen LogP contribution < -0.4 is 5.32 Å². The molecule has 1 N–H and O–H groups in total. The minimum absolute atomic E-state index is 0.0773. The van der Waals surface area contributed by atoms with Gasteiger partial charge in [-0.15, -0.1) is 0 Å². The van der Waals surface area contributed by atoms with Crippen LogP contribution in [0.3, 0.4) is 0 Å². The van der Waals surface area contributed by atoms with E-state index in [1.807, 2.05) is 6.92 Å². The molecule has 0 bridgehead atoms. The number of piperidine rings is 1. The Morgan fingerprint density at radius 2 is 2.38 bits per heavy atom. The van der Waals surface area contributed by atoms with E-state index in [2.05, 4.69) is 10.2 Å². The van der Waals surface area contributed by atoms with E-state index in [1.165, 1.54) is 6.07 Å². The molecule has 3 rings (SSSR count). The van der Waals surface area contributed by atoms with Gasteiger partial charge in [-0.05, 0) is 43.9 Å². The van der Waals surface area contributed by atoms with Gasteiger partial charge in [0, 0.05) is 26.8 Å². The highest BCUT2D eigenvalue weighted by molar-refractivity contribution is 5.92. The Labute approximate surface area is 142 Å². The van der Waals surface area contributed by atoms with Crippen molar-refractivity contribution in [3.8, 4) is 0 Å². The number of carbonyl (C=O) groups excluding carboxylic acids is 1. The summed E-state index contributed by atoms with van der Waals surface area (Å²) in [5.41, 5.74) is 0.839. The van der Waals surface area contributed by atoms with Crippen molar-refractivity contribution in [3.63, 3.8) is 0 Å². The van der Waals surface area contributed by atoms with Gasteiger partial charge in [-0.1, -0.05) is 6.07 Å². The number of nitrogens with zero attached hydrogens (tertiary/aromatic N) is 1. The fourth-order valence-corrected chi connectivity index (χ4v) is 3.82. The first-order chi connectivity index (χ1) is 11.5. The Hall–Kier alpha value is -1.50. The zero-order valence-corrected chi connectivity index (χ0v) is 14.3. The maximum absolute atomic E-state index is 13.8. The van der Waals surface area contributed by atoms with E-state index in [0.29, 0.717) is 6.54 Å². The fraction of sp³-hybridized carbons (Fsp3) is 0.611. The lowest BCUT2D eigenvalue weighted by Crippen LogP contribution is -2.58. The Morgan fingerprint density at radius 3 is 3.08 bits per heavy atom. The van der Waals surface area contributed by atoms with Crippen molar-refractivity contribution in [1.82, 2.24) is 4.90 Å². The number of benzene rings is 1. The largest absolute Gasteiger partial charge is 0.378 e. The number of nitrogens with one attached hydrogen (secondary N) is 1. The maximum Gasteiger partial charge on any atom is 0.238 e. The first kappa shape index (κ1) is 17.3. The van der Waals surface area contributed by atoms with Gasteiger partial charge in [0.2, 0.25) is 5.91 Å². The Bertz CT molecular complexity index is 602. The summed E-state index contributed by atoms with van der Waals surface area (Å²) in [5, 5.41) is 2.67. The van der Waals surface area contributed by atoms with Crippen LogP contribution in [0, 0.1) is 12.7 Å². The first-order valence-electron chi connectivity index (χ1n) is 8.47. The molecule has 2 unspecified atom stereocenters. The van der Waals surface area contributed by atoms with Crippen molar-refractivity contribution < 1.29 is 18.7 Å². The van der Waals surface area contributed by atoms with Crippen LogP contribution >= 0.6 is 0 Å². The van der Waals surface area contributed by atoms with Gasteiger partial charge in [0.25, 0.3) is 0 Å². The molecule has 2 heterocycles. The molecule has 1 aromatic carbocycles. The van der Waals surface area contributed by atoms with E-state index in [-0.39, 0.29) is 29.8 Å². The quantitative estimate of drug-likeness (QED) is 0.917. The lowest BCUT2D eigenvalue weighted by molar-refractivity contribution is -0.146. The minimum Gasteiger partial charge on any atom is -0.378 e. The van der Waals surface area contributed by atoms with Gasteiger partial charge in [-0.25, -0.2) is 4.39 Å². The molecule has 2 aliphatic rings. The third-order valence-electron chi connectivity index (χ3n) is 4.97. The highest BCUT2D eigenvalue weighted by Crippen LogP contribution is 2.36. The number of rotatable bonds is 4. The second-order valence-electron chi connectivity index (χ2n) is 6.77. The molecular weight excluding hydrogens is 311 g/mol. The van der Waals surface area contributed by atoms with Crippen LogP contribution in [0.4, 0.5) is 10.1 Å². The van der Waals surface area contributed by atoms with E-state index in [0.717, 1.165) is 38.0 Å². The summed E-state index contributed by atoms with van der Waals surface area (Å²) in [5.74, 6) is -0.619. The maximum atomic E-state index is 13.8. The lowest BCUT2D eigenvalue weighted by Gasteiger charge is -2.44. The molecule has 132 valence electrons. The summed E-state index contributed by atoms with van der Waals surface area (Å²) in [6.07, 6.45) is 2.89. The lowest BCUT2D eigenvalue weighted by atomic mass is 9.87. The number of methoxy groups -OCH3 is 1. The second kappa shape index (κ2) is 7.17. The third-order valence-corrected chi connectivity index (χ3v) is 4.97. The third kappa shape index (κ3) is 3.61. The predicted molar refractivity (Wildman–Crippen MR) is 89.5 cm³/mol. The Kier molecular flexibility index (Phi) is 5.18. The highest BCUT2D eigenvalue weighted by atomic mass is 19.1. The number of hydrogen-bond donors (Lipinski definition) is 1. The second-order valence-corrected chi connectivity index (χ2v) is 6.77. The molecule has 5 nitrogen and oxygen atoms in total. The summed E-state index contributed by atoms with van der Waals surface area (Å²) in [6, 6.07) is 4.70. The van der Waals surface area contributed by atoms with Gasteiger partial charge in [-0.2, -0.15) is 0 Å². The molecular formula is C18H25FN2O3. The van der Waals surface area contributed by atoms with Crippen molar-refractivity contribution in [2.75, 3.05) is 38.7 Å². The number of aryl methyl sites for hydroxylation is 1. The van der Waals surface area contributed by atoms with Crippen molar-refractivity contribution in [2.45, 2.75) is 37.9 Å². The van der Waals surface area contributed by atoms with Gasteiger partial charge in [0.15, 0.2) is 0 Å². The molecule has 1 aromatic rings. The molecule has 0 aromatic heterocycles. The van der Waals surface area contributed by atoms with E-state index < -0.39 is 5.82 Å². The molecule has 2 aliphatic heterocycles. The number of halogens is 1. The molecule has 1 amide bonds. The molecule has 24 heavy (non-hydrogen) atoms. The van der Waals surface area contributed by atoms with E-state index in [1.54, 1.807) is 19.2 Å². The normalized spacial score (nSPS) is 27.5. The van der Waals surface area contributed by atoms with Crippen LogP contribution in [-0.2, 0) is 14.3 Å². The van der Waals surface area contributed by atoms with Gasteiger partial charge in [-0.3, -0.25) is 9.69 Å². The van der Waals surface area contributed by atoms with Gasteiger partial charge >= 0.3 is 0 Å². The number of likely N-dealkylation sites (tertiary alicyclic amines) is 1. The van der Waals surface area contributed by atoms with Gasteiger partial charge in [0.05, 0.1) is 18.3 Å². The predicted octanol–water partition coefficient (Wildman–Crippen LogP) is 2.34. The summed E-state index contributed by atoms with van der Waals surface area (Å²) in [7, 11) is 1.72. The van der Waals surface area contributed by atoms with Crippen molar-refractivity contribution in [3.05, 3.63) is 29.6 Å². The summed E-state index contributed by atoms with van der Waals surface area (Å²) < 4.78 is 25.4. The van der Waals surface area contributed by atoms with Crippen LogP contribution in [0.2, 0.25) is 0 Å². The van der Waals surface area contributed by atoms with Crippen LogP contribution in [0.1, 0.15) is 24.8 Å². The van der Waals surface area contributed by atoms with Crippen LogP contribution in [-0.4, -0.2) is 55.9 Å². The molecule has 0 saturated carbocycles. The zero-order chi connectivity index (χ0) is 17.2. The van der Waals surface area contributed by atoms with Crippen LogP contribution in [0.25, 0.3) is 0 Å². The van der Waals surface area contributed by atoms with Crippen LogP contribution in [0.15, 0.2) is 18.2 Å². The standard InChI is InChI=1S/C18H25FN2O3/c1-13-4-5-14(19)15(10-13)20-17(22)11-21-8-6-16(23-2)18(12-21)7-3-9-24-18/h4-5,10,16H,3,6-9,11-12H2,1-2H3,(H,20,22). The van der Waals surface area contributed by atoms with Crippen LogP contribution in [0.5, 0.6) is 0 Å². The Morgan fingerprint density at radius 1 is 1.54 bits per heavy atom. The average molecular weight is 336 g/mol. The summed E-state index contributed by atoms with van der Waals surface area (Å²) >= 11 is 0. The highest BCUT2D eigenvalue weighted by Gasteiger charge is 2.47. The van der Waals surface area contributed by atoms with E-state index in [9.17, 15) is 9.18 Å². The number of carbonyl (C=O) groups is 1. The fourth-order valence-electron chi connectivity index (χ4n) is 3.82. The number of hydrogen-bond acceptors (Lipinski definition) is 4. The van der Waals surface area contributed by atoms with E-state index >= 15 is 0 Å². The Balaban J connectivity index is 1.61. The van der Waals surface area contributed by atoms with E-state index in [4.69, 9.17) is 9.47 Å². The molecule has 2 fully saturated rings. The number of anilines is 1. The average Bonchev–Trinajstić information content (AvgIpc) is 3.00. The molecule has 6 heteroatoms. The smallest absolute Gasteiger partial charge is 0.238 e. The molecule has 2 atom stereocenters. The zero-order valence-electron chi connectivity index (χ0n) is 14.3. The van der Waals surface area contributed by atoms with Gasteiger partial charge < -0.3 is 14.8 Å². The van der Waals surface area contributed by atoms with Gasteiger partial charge in [0.1, 0.15) is 11.4 Å². The SMILES string of the molecule is COC1CCN(CC(=O)Nc2cc(C)ccc2F)CC12CCCO2. The molecule has 1 spiro atoms. The minimum atomic E-state index is -0.414. The topological polar surface area (TPSA) is 50.8 Å². The molecule has 2 saturated heterocycles. The van der Waals surface area contributed by atoms with Crippen molar-refractivity contribution >= 4 is 11.6 Å². The first-order valence-corrected chi connectivity index (χ1v) is 8.47. The number of amides is 1. The monoisotopic (exact) mass is 336 g/mol. The summed E-state index contributed by atoms with van der Waals surface area (Å²) in [6.45, 7) is 4.29. The summed E-state index contributed by atoms with van der Waals surface area (Å²) in [4.78, 5) is 14.4. The van der Waals surface area contributed by atoms with Crippen molar-refractivity contribution in [2.24, 2.45) is 0 Å².